The molecule has 1 atom stereocenters. The van der Waals surface area contributed by atoms with Crippen molar-refractivity contribution in [2.24, 2.45) is 0 Å². The number of aliphatic hydroxyl groups is 1. The molecule has 0 aliphatic heterocycles. The van der Waals surface area contributed by atoms with E-state index >= 15 is 0 Å². The fourth-order valence-corrected chi connectivity index (χ4v) is 2.29. The summed E-state index contributed by atoms with van der Waals surface area (Å²) >= 11 is 5.76. The molecular weight excluding hydrogens is 266 g/mol. The molecule has 1 aromatic rings. The van der Waals surface area contributed by atoms with Crippen molar-refractivity contribution in [3.05, 3.63) is 29.0 Å². The first-order chi connectivity index (χ1) is 8.13. The predicted octanol–water partition coefficient (Wildman–Crippen LogP) is 3.79. The lowest BCUT2D eigenvalue weighted by Crippen LogP contribution is -2.41. The van der Waals surface area contributed by atoms with Gasteiger partial charge in [0.1, 0.15) is 6.10 Å². The Hall–Kier alpha value is -0.423. The van der Waals surface area contributed by atoms with E-state index in [1.807, 2.05) is 0 Å². The highest BCUT2D eigenvalue weighted by molar-refractivity contribution is 6.74. The molecule has 0 aliphatic rings. The van der Waals surface area contributed by atoms with Crippen LogP contribution in [0.3, 0.4) is 0 Å². The molecule has 0 saturated carbocycles. The molecule has 5 heteroatoms. The lowest BCUT2D eigenvalue weighted by molar-refractivity contribution is 0.0970. The largest absolute Gasteiger partial charge is 0.414 e. The van der Waals surface area contributed by atoms with Gasteiger partial charge < -0.3 is 9.53 Å². The van der Waals surface area contributed by atoms with E-state index in [0.717, 1.165) is 0 Å². The molecule has 1 heterocycles. The van der Waals surface area contributed by atoms with Crippen LogP contribution in [0.25, 0.3) is 0 Å². The normalized spacial score (nSPS) is 14.6. The Kier molecular flexibility index (Phi) is 4.95. The topological polar surface area (TPSA) is 42.4 Å². The van der Waals surface area contributed by atoms with Gasteiger partial charge in [-0.1, -0.05) is 32.4 Å². The van der Waals surface area contributed by atoms with E-state index in [2.05, 4.69) is 38.8 Å². The predicted molar refractivity (Wildman–Crippen MR) is 77.4 cm³/mol. The lowest BCUT2D eigenvalue weighted by atomic mass is 10.2. The lowest BCUT2D eigenvalue weighted by Gasteiger charge is -2.36. The second kappa shape index (κ2) is 5.69. The first-order valence-electron chi connectivity index (χ1n) is 6.07. The molecule has 0 spiro atoms. The van der Waals surface area contributed by atoms with Crippen LogP contribution in [-0.2, 0) is 4.43 Å². The molecule has 0 saturated heterocycles. The van der Waals surface area contributed by atoms with Crippen molar-refractivity contribution in [3.8, 4) is 0 Å². The van der Waals surface area contributed by atoms with E-state index in [9.17, 15) is 5.11 Å². The maximum atomic E-state index is 10.0. The van der Waals surface area contributed by atoms with E-state index in [-0.39, 0.29) is 11.6 Å². The number of nitrogens with zero attached hydrogens (tertiary/aromatic N) is 1. The molecule has 0 fully saturated rings. The molecule has 1 N–H and O–H groups in total. The summed E-state index contributed by atoms with van der Waals surface area (Å²) in [5.74, 6) is 0. The van der Waals surface area contributed by atoms with Gasteiger partial charge in [-0.05, 0) is 30.3 Å². The average Bonchev–Trinajstić information content (AvgIpc) is 2.25. The van der Waals surface area contributed by atoms with E-state index in [0.29, 0.717) is 10.7 Å². The molecule has 3 nitrogen and oxygen atoms in total. The first kappa shape index (κ1) is 15.6. The van der Waals surface area contributed by atoms with Crippen LogP contribution in [-0.4, -0.2) is 25.0 Å². The number of hydrogen-bond donors (Lipinski definition) is 1. The molecular formula is C13H22ClNO2Si. The Morgan fingerprint density at radius 3 is 2.44 bits per heavy atom. The van der Waals surface area contributed by atoms with Crippen LogP contribution in [0, 0.1) is 0 Å². The maximum Gasteiger partial charge on any atom is 0.192 e. The highest BCUT2D eigenvalue weighted by Crippen LogP contribution is 2.37. The van der Waals surface area contributed by atoms with Crippen LogP contribution in [0.2, 0.25) is 23.2 Å². The van der Waals surface area contributed by atoms with Gasteiger partial charge in [-0.2, -0.15) is 0 Å². The molecule has 1 aromatic heterocycles. The van der Waals surface area contributed by atoms with E-state index in [1.54, 1.807) is 12.1 Å². The summed E-state index contributed by atoms with van der Waals surface area (Å²) in [4.78, 5) is 4.09. The summed E-state index contributed by atoms with van der Waals surface area (Å²) in [5.41, 5.74) is 0.595. The van der Waals surface area contributed by atoms with Gasteiger partial charge in [0.2, 0.25) is 0 Å². The number of rotatable bonds is 4. The molecule has 1 unspecified atom stereocenters. The summed E-state index contributed by atoms with van der Waals surface area (Å²) in [6.07, 6.45) is 0.836. The monoisotopic (exact) mass is 287 g/mol. The number of halogens is 1. The van der Waals surface area contributed by atoms with Gasteiger partial charge in [0, 0.05) is 6.20 Å². The van der Waals surface area contributed by atoms with Crippen LogP contribution in [0.15, 0.2) is 18.3 Å². The Labute approximate surface area is 115 Å². The molecule has 18 heavy (non-hydrogen) atoms. The van der Waals surface area contributed by atoms with Gasteiger partial charge in [-0.25, -0.2) is 0 Å². The zero-order valence-electron chi connectivity index (χ0n) is 11.7. The SMILES string of the molecule is CC(C)(C)[Si](C)(C)OCC(O)c1ccc(Cl)cn1. The summed E-state index contributed by atoms with van der Waals surface area (Å²) < 4.78 is 5.96. The van der Waals surface area contributed by atoms with Crippen molar-refractivity contribution < 1.29 is 9.53 Å². The molecule has 1 rings (SSSR count). The van der Waals surface area contributed by atoms with Crippen LogP contribution in [0.5, 0.6) is 0 Å². The van der Waals surface area contributed by atoms with Gasteiger partial charge in [-0.15, -0.1) is 0 Å². The molecule has 0 aliphatic carbocycles. The van der Waals surface area contributed by atoms with Crippen molar-refractivity contribution in [2.75, 3.05) is 6.61 Å². The standard InChI is InChI=1S/C13H22ClNO2Si/c1-13(2,3)18(4,5)17-9-12(16)11-7-6-10(14)8-15-11/h6-8,12,16H,9H2,1-5H3. The molecule has 0 radical (unpaired) electrons. The quantitative estimate of drug-likeness (QED) is 0.857. The number of aromatic nitrogens is 1. The molecule has 0 aromatic carbocycles. The number of hydrogen-bond acceptors (Lipinski definition) is 3. The third kappa shape index (κ3) is 4.05. The van der Waals surface area contributed by atoms with Crippen molar-refractivity contribution >= 4 is 19.9 Å². The van der Waals surface area contributed by atoms with E-state index < -0.39 is 14.4 Å². The Bertz CT molecular complexity index is 387. The Balaban J connectivity index is 2.61. The van der Waals surface area contributed by atoms with Gasteiger partial charge in [0.15, 0.2) is 8.32 Å². The summed E-state index contributed by atoms with van der Waals surface area (Å²) in [6.45, 7) is 11.1. The van der Waals surface area contributed by atoms with Crippen molar-refractivity contribution in [2.45, 2.75) is 45.0 Å². The zero-order valence-corrected chi connectivity index (χ0v) is 13.5. The van der Waals surface area contributed by atoms with Crippen molar-refractivity contribution in [1.82, 2.24) is 4.98 Å². The van der Waals surface area contributed by atoms with Crippen LogP contribution in [0.1, 0.15) is 32.6 Å². The summed E-state index contributed by atoms with van der Waals surface area (Å²) in [5, 5.41) is 10.7. The zero-order chi connectivity index (χ0) is 14.0. The van der Waals surface area contributed by atoms with Gasteiger partial charge in [0.25, 0.3) is 0 Å². The van der Waals surface area contributed by atoms with Crippen LogP contribution >= 0.6 is 11.6 Å². The van der Waals surface area contributed by atoms with E-state index in [1.165, 1.54) is 6.20 Å². The molecule has 0 bridgehead atoms. The molecule has 0 amide bonds. The van der Waals surface area contributed by atoms with E-state index in [4.69, 9.17) is 16.0 Å². The minimum Gasteiger partial charge on any atom is -0.414 e. The summed E-state index contributed by atoms with van der Waals surface area (Å²) in [6, 6.07) is 3.45. The highest BCUT2D eigenvalue weighted by Gasteiger charge is 2.37. The van der Waals surface area contributed by atoms with Crippen LogP contribution in [0.4, 0.5) is 0 Å². The summed E-state index contributed by atoms with van der Waals surface area (Å²) in [7, 11) is -1.83. The highest BCUT2D eigenvalue weighted by atomic mass is 35.5. The Morgan fingerprint density at radius 2 is 2.00 bits per heavy atom. The second-order valence-electron chi connectivity index (χ2n) is 5.99. The fraction of sp³-hybridized carbons (Fsp3) is 0.615. The van der Waals surface area contributed by atoms with Gasteiger partial charge in [-0.3, -0.25) is 4.98 Å². The van der Waals surface area contributed by atoms with Crippen molar-refractivity contribution in [3.63, 3.8) is 0 Å². The minimum atomic E-state index is -1.83. The average molecular weight is 288 g/mol. The maximum absolute atomic E-state index is 10.0. The second-order valence-corrected chi connectivity index (χ2v) is 11.2. The van der Waals surface area contributed by atoms with Gasteiger partial charge >= 0.3 is 0 Å². The third-order valence-electron chi connectivity index (χ3n) is 3.50. The number of pyridine rings is 1. The smallest absolute Gasteiger partial charge is 0.192 e. The van der Waals surface area contributed by atoms with Gasteiger partial charge in [0.05, 0.1) is 17.3 Å². The third-order valence-corrected chi connectivity index (χ3v) is 8.22. The first-order valence-corrected chi connectivity index (χ1v) is 9.35. The van der Waals surface area contributed by atoms with Crippen LogP contribution < -0.4 is 0 Å². The molecule has 102 valence electrons. The fourth-order valence-electron chi connectivity index (χ4n) is 1.17. The minimum absolute atomic E-state index is 0.139. The Morgan fingerprint density at radius 1 is 1.39 bits per heavy atom. The number of aliphatic hydroxyl groups excluding tert-OH is 1. The van der Waals surface area contributed by atoms with Crippen molar-refractivity contribution in [1.29, 1.82) is 0 Å².